The Hall–Kier alpha value is -2.36. The molecular weight excluding hydrogens is 474 g/mol. The van der Waals surface area contributed by atoms with Crippen molar-refractivity contribution in [2.75, 3.05) is 44.7 Å². The van der Waals surface area contributed by atoms with Gasteiger partial charge in [0, 0.05) is 44.7 Å². The Labute approximate surface area is 218 Å². The number of aryl methyl sites for hydroxylation is 1. The van der Waals surface area contributed by atoms with Gasteiger partial charge in [-0.3, -0.25) is 14.5 Å². The second-order valence-corrected chi connectivity index (χ2v) is 11.1. The summed E-state index contributed by atoms with van der Waals surface area (Å²) in [6, 6.07) is 0. The van der Waals surface area contributed by atoms with Crippen LogP contribution in [0.25, 0.3) is 0 Å². The van der Waals surface area contributed by atoms with Gasteiger partial charge >= 0.3 is 0 Å². The first-order chi connectivity index (χ1) is 17.5. The average molecular weight is 514 g/mol. The molecule has 3 aliphatic rings. The lowest BCUT2D eigenvalue weighted by atomic mass is 9.96. The molecule has 1 aliphatic carbocycles. The molecule has 1 aromatic rings. The van der Waals surface area contributed by atoms with E-state index in [-0.39, 0.29) is 17.7 Å². The molecule has 4 rings (SSSR count). The second kappa shape index (κ2) is 13.3. The third kappa shape index (κ3) is 7.57. The van der Waals surface area contributed by atoms with Crippen LogP contribution in [0.3, 0.4) is 0 Å². The van der Waals surface area contributed by atoms with Gasteiger partial charge in [0.25, 0.3) is 0 Å². The zero-order valence-corrected chi connectivity index (χ0v) is 22.2. The molecule has 1 atom stereocenters. The molecule has 3 fully saturated rings. The van der Waals surface area contributed by atoms with Gasteiger partial charge in [0.2, 0.25) is 16.9 Å². The lowest BCUT2D eigenvalue weighted by molar-refractivity contribution is -0.134. The molecule has 0 spiro atoms. The van der Waals surface area contributed by atoms with Crippen molar-refractivity contribution < 1.29 is 14.3 Å². The number of piperidine rings is 1. The van der Waals surface area contributed by atoms with Crippen molar-refractivity contribution in [2.24, 2.45) is 11.8 Å². The Morgan fingerprint density at radius 2 is 1.97 bits per heavy atom. The summed E-state index contributed by atoms with van der Waals surface area (Å²) in [5, 5.41) is 12.9. The Balaban J connectivity index is 1.30. The minimum Gasteiger partial charge on any atom is -0.379 e. The van der Waals surface area contributed by atoms with Gasteiger partial charge < -0.3 is 15.0 Å². The minimum absolute atomic E-state index is 0.0552. The lowest BCUT2D eigenvalue weighted by Crippen LogP contribution is -2.43. The predicted octanol–water partition coefficient (Wildman–Crippen LogP) is 4.19. The summed E-state index contributed by atoms with van der Waals surface area (Å²) in [5.74, 6) is 0.506. The van der Waals surface area contributed by atoms with Crippen LogP contribution in [0.2, 0.25) is 0 Å². The van der Waals surface area contributed by atoms with Crippen molar-refractivity contribution in [3.8, 4) is 0 Å². The number of ether oxygens (including phenoxy) is 1. The fraction of sp³-hybridized carbons (Fsp3) is 0.630. The number of hydrogen-bond donors (Lipinski definition) is 1. The van der Waals surface area contributed by atoms with Gasteiger partial charge in [0.15, 0.2) is 0 Å². The Morgan fingerprint density at radius 3 is 2.72 bits per heavy atom. The summed E-state index contributed by atoms with van der Waals surface area (Å²) < 4.78 is 5.42. The topological polar surface area (TPSA) is 87.7 Å². The SMILES string of the molecule is C=C/C(=C\C=C(/C)N1CC(C(=O)Nc2nnc(CCC3CCCC3)s2)CCC1=O)CN1CCOCC1. The molecule has 0 radical (unpaired) electrons. The van der Waals surface area contributed by atoms with Crippen LogP contribution in [-0.2, 0) is 20.7 Å². The number of morpholine rings is 1. The maximum absolute atomic E-state index is 13.0. The van der Waals surface area contributed by atoms with Crippen molar-refractivity contribution in [1.29, 1.82) is 0 Å². The van der Waals surface area contributed by atoms with Gasteiger partial charge in [-0.1, -0.05) is 55.8 Å². The molecule has 36 heavy (non-hydrogen) atoms. The molecular formula is C27H39N5O3S. The number of nitrogens with one attached hydrogen (secondary N) is 1. The standard InChI is InChI=1S/C27H39N5O3S/c1-3-21(18-31-14-16-35-17-15-31)9-8-20(2)32-19-23(11-13-25(32)33)26(34)28-27-30-29-24(36-27)12-10-22-6-4-5-7-22/h3,8-9,22-23H,1,4-7,10-19H2,2H3,(H,28,30,34)/b20-8+,21-9+. The first-order valence-electron chi connectivity index (χ1n) is 13.3. The van der Waals surface area contributed by atoms with Gasteiger partial charge in [0.05, 0.1) is 19.1 Å². The molecule has 0 bridgehead atoms. The van der Waals surface area contributed by atoms with E-state index in [0.717, 1.165) is 67.9 Å². The molecule has 0 aromatic carbocycles. The van der Waals surface area contributed by atoms with Crippen LogP contribution in [0.15, 0.2) is 36.1 Å². The van der Waals surface area contributed by atoms with Crippen molar-refractivity contribution >= 4 is 28.3 Å². The predicted molar refractivity (Wildman–Crippen MR) is 143 cm³/mol. The smallest absolute Gasteiger partial charge is 0.231 e. The van der Waals surface area contributed by atoms with Gasteiger partial charge in [-0.25, -0.2) is 0 Å². The Kier molecular flexibility index (Phi) is 9.83. The van der Waals surface area contributed by atoms with E-state index in [4.69, 9.17) is 4.74 Å². The number of nitrogens with zero attached hydrogens (tertiary/aromatic N) is 4. The molecule has 1 saturated carbocycles. The third-order valence-corrected chi connectivity index (χ3v) is 8.35. The van der Waals surface area contributed by atoms with Crippen LogP contribution in [-0.4, -0.2) is 71.2 Å². The first-order valence-corrected chi connectivity index (χ1v) is 14.1. The molecule has 1 unspecified atom stereocenters. The van der Waals surface area contributed by atoms with Gasteiger partial charge in [-0.05, 0) is 37.3 Å². The van der Waals surface area contributed by atoms with Crippen molar-refractivity contribution in [3.63, 3.8) is 0 Å². The van der Waals surface area contributed by atoms with Crippen LogP contribution >= 0.6 is 11.3 Å². The zero-order valence-electron chi connectivity index (χ0n) is 21.4. The lowest BCUT2D eigenvalue weighted by Gasteiger charge is -2.32. The van der Waals surface area contributed by atoms with E-state index in [1.54, 1.807) is 4.90 Å². The number of allylic oxidation sites excluding steroid dienone is 3. The monoisotopic (exact) mass is 513 g/mol. The molecule has 1 aromatic heterocycles. The second-order valence-electron chi connectivity index (χ2n) is 10.1. The van der Waals surface area contributed by atoms with Crippen molar-refractivity contribution in [1.82, 2.24) is 20.0 Å². The molecule has 3 heterocycles. The average Bonchev–Trinajstić information content (AvgIpc) is 3.58. The van der Waals surface area contributed by atoms with Crippen molar-refractivity contribution in [3.05, 3.63) is 41.1 Å². The highest BCUT2D eigenvalue weighted by atomic mass is 32.1. The maximum Gasteiger partial charge on any atom is 0.231 e. The highest BCUT2D eigenvalue weighted by Gasteiger charge is 2.31. The Bertz CT molecular complexity index is 976. The summed E-state index contributed by atoms with van der Waals surface area (Å²) in [6.07, 6.45) is 14.2. The van der Waals surface area contributed by atoms with E-state index in [0.29, 0.717) is 24.5 Å². The number of carbonyl (C=O) groups excluding carboxylic acids is 2. The molecule has 9 heteroatoms. The van der Waals surface area contributed by atoms with Crippen LogP contribution in [0, 0.1) is 11.8 Å². The minimum atomic E-state index is -0.270. The van der Waals surface area contributed by atoms with Crippen LogP contribution in [0.4, 0.5) is 5.13 Å². The van der Waals surface area contributed by atoms with Gasteiger partial charge in [0.1, 0.15) is 5.01 Å². The fourth-order valence-corrected chi connectivity index (χ4v) is 5.92. The summed E-state index contributed by atoms with van der Waals surface area (Å²) >= 11 is 1.47. The molecule has 2 aliphatic heterocycles. The Morgan fingerprint density at radius 1 is 1.19 bits per heavy atom. The van der Waals surface area contributed by atoms with Crippen molar-refractivity contribution in [2.45, 2.75) is 58.3 Å². The normalized spacial score (nSPS) is 22.8. The molecule has 2 saturated heterocycles. The van der Waals surface area contributed by atoms with E-state index in [9.17, 15) is 9.59 Å². The first kappa shape index (κ1) is 26.7. The summed E-state index contributed by atoms with van der Waals surface area (Å²) in [4.78, 5) is 29.7. The highest BCUT2D eigenvalue weighted by Crippen LogP contribution is 2.30. The summed E-state index contributed by atoms with van der Waals surface area (Å²) in [7, 11) is 0. The number of anilines is 1. The number of rotatable bonds is 10. The quantitative estimate of drug-likeness (QED) is 0.472. The zero-order chi connectivity index (χ0) is 25.3. The highest BCUT2D eigenvalue weighted by molar-refractivity contribution is 7.15. The van der Waals surface area contributed by atoms with Gasteiger partial charge in [-0.2, -0.15) is 0 Å². The number of likely N-dealkylation sites (tertiary alicyclic amines) is 1. The molecule has 196 valence electrons. The van der Waals surface area contributed by atoms with Gasteiger partial charge in [-0.15, -0.1) is 10.2 Å². The van der Waals surface area contributed by atoms with E-state index < -0.39 is 0 Å². The number of hydrogen-bond acceptors (Lipinski definition) is 7. The summed E-state index contributed by atoms with van der Waals surface area (Å²) in [6.45, 7) is 10.4. The largest absolute Gasteiger partial charge is 0.379 e. The van der Waals surface area contributed by atoms with E-state index >= 15 is 0 Å². The number of aromatic nitrogens is 2. The number of carbonyl (C=O) groups is 2. The molecule has 8 nitrogen and oxygen atoms in total. The van der Waals surface area contributed by atoms with Crippen LogP contribution in [0.1, 0.15) is 56.9 Å². The van der Waals surface area contributed by atoms with Crippen LogP contribution < -0.4 is 5.32 Å². The molecule has 2 amide bonds. The van der Waals surface area contributed by atoms with E-state index in [2.05, 4.69) is 27.0 Å². The number of amides is 2. The van der Waals surface area contributed by atoms with E-state index in [1.807, 2.05) is 25.2 Å². The maximum atomic E-state index is 13.0. The van der Waals surface area contributed by atoms with E-state index in [1.165, 1.54) is 37.0 Å². The fourth-order valence-electron chi connectivity index (χ4n) is 5.16. The van der Waals surface area contributed by atoms with Crippen LogP contribution in [0.5, 0.6) is 0 Å². The molecule has 1 N–H and O–H groups in total. The third-order valence-electron chi connectivity index (χ3n) is 7.46. The summed E-state index contributed by atoms with van der Waals surface area (Å²) in [5.41, 5.74) is 1.93.